The molecule has 3 atom stereocenters. The van der Waals surface area contributed by atoms with Crippen molar-refractivity contribution in [1.82, 2.24) is 0 Å². The van der Waals surface area contributed by atoms with Crippen LogP contribution in [0.5, 0.6) is 5.75 Å². The van der Waals surface area contributed by atoms with E-state index in [1.807, 2.05) is 0 Å². The van der Waals surface area contributed by atoms with Gasteiger partial charge in [-0.25, -0.2) is 0 Å². The maximum atomic E-state index is 12.3. The van der Waals surface area contributed by atoms with Gasteiger partial charge in [0.15, 0.2) is 11.5 Å². The van der Waals surface area contributed by atoms with Crippen LogP contribution in [0.25, 0.3) is 0 Å². The number of phenolic OH excluding ortho intramolecular Hbond substituents is 1. The van der Waals surface area contributed by atoms with Crippen LogP contribution in [0.2, 0.25) is 0 Å². The van der Waals surface area contributed by atoms with Gasteiger partial charge in [-0.15, -0.1) is 0 Å². The van der Waals surface area contributed by atoms with Gasteiger partial charge >= 0.3 is 0 Å². The van der Waals surface area contributed by atoms with E-state index in [0.717, 1.165) is 6.07 Å². The zero-order chi connectivity index (χ0) is 14.6. The van der Waals surface area contributed by atoms with Gasteiger partial charge in [0.2, 0.25) is 5.78 Å². The third-order valence-corrected chi connectivity index (χ3v) is 3.59. The number of carbonyl (C=O) groups is 2. The summed E-state index contributed by atoms with van der Waals surface area (Å²) in [6, 6.07) is 3.80. The Kier molecular flexibility index (Phi) is 2.67. The lowest BCUT2D eigenvalue weighted by atomic mass is 9.82. The van der Waals surface area contributed by atoms with Crippen LogP contribution in [-0.2, 0) is 4.74 Å². The summed E-state index contributed by atoms with van der Waals surface area (Å²) in [5.41, 5.74) is -0.140. The molecule has 0 aromatic heterocycles. The molecule has 0 saturated heterocycles. The maximum absolute atomic E-state index is 12.3. The summed E-state index contributed by atoms with van der Waals surface area (Å²) in [7, 11) is 0. The second kappa shape index (κ2) is 4.16. The van der Waals surface area contributed by atoms with Gasteiger partial charge in [0, 0.05) is 11.1 Å². The van der Waals surface area contributed by atoms with Crippen LogP contribution in [0.3, 0.4) is 0 Å². The van der Waals surface area contributed by atoms with Crippen molar-refractivity contribution in [2.45, 2.75) is 25.2 Å². The molecule has 3 N–H and O–H groups in total. The van der Waals surface area contributed by atoms with Crippen molar-refractivity contribution >= 4 is 11.6 Å². The van der Waals surface area contributed by atoms with E-state index < -0.39 is 29.9 Å². The highest BCUT2D eigenvalue weighted by atomic mass is 16.5. The maximum Gasteiger partial charge on any atom is 0.228 e. The zero-order valence-electron chi connectivity index (χ0n) is 10.5. The summed E-state index contributed by atoms with van der Waals surface area (Å²) < 4.78 is 5.28. The average Bonchev–Trinajstić information content (AvgIpc) is 2.41. The number of hydrogen-bond donors (Lipinski definition) is 3. The molecule has 1 aromatic rings. The van der Waals surface area contributed by atoms with Crippen molar-refractivity contribution in [2.24, 2.45) is 0 Å². The highest BCUT2D eigenvalue weighted by molar-refractivity contribution is 6.26. The van der Waals surface area contributed by atoms with E-state index in [1.165, 1.54) is 19.1 Å². The Bertz CT molecular complexity index is 660. The Morgan fingerprint density at radius 1 is 1.10 bits per heavy atom. The molecule has 0 saturated carbocycles. The summed E-state index contributed by atoms with van der Waals surface area (Å²) in [6.07, 6.45) is -3.57. The molecule has 0 radical (unpaired) electrons. The number of aliphatic hydroxyl groups excluding tert-OH is 2. The quantitative estimate of drug-likeness (QED) is 0.624. The third kappa shape index (κ3) is 1.59. The molecular weight excluding hydrogens is 264 g/mol. The monoisotopic (exact) mass is 276 g/mol. The van der Waals surface area contributed by atoms with E-state index in [4.69, 9.17) is 4.74 Å². The largest absolute Gasteiger partial charge is 0.508 e. The Morgan fingerprint density at radius 3 is 2.50 bits per heavy atom. The van der Waals surface area contributed by atoms with Gasteiger partial charge in [-0.3, -0.25) is 9.59 Å². The number of carbonyl (C=O) groups excluding carboxylic acids is 2. The van der Waals surface area contributed by atoms with Gasteiger partial charge in [0.05, 0.1) is 5.57 Å². The molecule has 0 bridgehead atoms. The smallest absolute Gasteiger partial charge is 0.228 e. The number of Topliss-reactive ketones (excluding diaryl/α,β-unsaturated/α-hetero) is 2. The Morgan fingerprint density at radius 2 is 1.80 bits per heavy atom. The first kappa shape index (κ1) is 12.8. The minimum atomic E-state index is -1.49. The highest BCUT2D eigenvalue weighted by Gasteiger charge is 2.45. The molecule has 0 amide bonds. The second-order valence-corrected chi connectivity index (χ2v) is 4.89. The Hall–Kier alpha value is -2.18. The lowest BCUT2D eigenvalue weighted by molar-refractivity contribution is -0.0682. The Labute approximate surface area is 113 Å². The zero-order valence-corrected chi connectivity index (χ0v) is 10.5. The van der Waals surface area contributed by atoms with Gasteiger partial charge in [0.1, 0.15) is 24.1 Å². The SMILES string of the molecule is C[C@H]1OC2=C(C(=O)c3cc(O)ccc3C2=O)[C@@H](O)[C@H]1O. The molecule has 0 unspecified atom stereocenters. The lowest BCUT2D eigenvalue weighted by Crippen LogP contribution is -2.47. The van der Waals surface area contributed by atoms with Gasteiger partial charge in [0.25, 0.3) is 0 Å². The Balaban J connectivity index is 2.21. The van der Waals surface area contributed by atoms with Crippen LogP contribution in [0, 0.1) is 0 Å². The number of rotatable bonds is 0. The van der Waals surface area contributed by atoms with E-state index in [-0.39, 0.29) is 28.2 Å². The number of phenols is 1. The molecule has 2 aliphatic rings. The van der Waals surface area contributed by atoms with Crippen LogP contribution in [0.1, 0.15) is 27.6 Å². The minimum absolute atomic E-state index is 0.00171. The molecule has 1 aliphatic carbocycles. The van der Waals surface area contributed by atoms with E-state index in [1.54, 1.807) is 0 Å². The van der Waals surface area contributed by atoms with Gasteiger partial charge in [-0.05, 0) is 25.1 Å². The van der Waals surface area contributed by atoms with E-state index in [9.17, 15) is 24.9 Å². The number of benzene rings is 1. The van der Waals surface area contributed by atoms with Crippen molar-refractivity contribution in [2.75, 3.05) is 0 Å². The van der Waals surface area contributed by atoms with Crippen molar-refractivity contribution in [3.05, 3.63) is 40.7 Å². The lowest BCUT2D eigenvalue weighted by Gasteiger charge is -2.35. The van der Waals surface area contributed by atoms with Gasteiger partial charge < -0.3 is 20.1 Å². The van der Waals surface area contributed by atoms with Crippen LogP contribution in [-0.4, -0.2) is 45.2 Å². The highest BCUT2D eigenvalue weighted by Crippen LogP contribution is 2.35. The molecular formula is C14H12O6. The number of aliphatic hydroxyl groups is 2. The molecule has 0 fully saturated rings. The third-order valence-electron chi connectivity index (χ3n) is 3.59. The normalized spacial score (nSPS) is 28.9. The van der Waals surface area contributed by atoms with E-state index >= 15 is 0 Å². The van der Waals surface area contributed by atoms with Crippen molar-refractivity contribution in [3.63, 3.8) is 0 Å². The topological polar surface area (TPSA) is 104 Å². The first-order chi connectivity index (χ1) is 9.41. The molecule has 6 nitrogen and oxygen atoms in total. The number of aromatic hydroxyl groups is 1. The summed E-state index contributed by atoms with van der Waals surface area (Å²) >= 11 is 0. The summed E-state index contributed by atoms with van der Waals surface area (Å²) in [6.45, 7) is 1.50. The van der Waals surface area contributed by atoms with Crippen LogP contribution >= 0.6 is 0 Å². The van der Waals surface area contributed by atoms with E-state index in [2.05, 4.69) is 0 Å². The van der Waals surface area contributed by atoms with Crippen molar-refractivity contribution in [1.29, 1.82) is 0 Å². The number of hydrogen-bond acceptors (Lipinski definition) is 6. The summed E-state index contributed by atoms with van der Waals surface area (Å²) in [5, 5.41) is 29.2. The number of ether oxygens (including phenoxy) is 1. The summed E-state index contributed by atoms with van der Waals surface area (Å²) in [4.78, 5) is 24.6. The predicted octanol–water partition coefficient (Wildman–Crippen LogP) is 0.166. The van der Waals surface area contributed by atoms with Crippen LogP contribution in [0.4, 0.5) is 0 Å². The van der Waals surface area contributed by atoms with Crippen molar-refractivity contribution in [3.8, 4) is 5.75 Å². The fourth-order valence-corrected chi connectivity index (χ4v) is 2.48. The molecule has 1 aromatic carbocycles. The van der Waals surface area contributed by atoms with Gasteiger partial charge in [-0.1, -0.05) is 0 Å². The summed E-state index contributed by atoms with van der Waals surface area (Å²) in [5.74, 6) is -1.54. The van der Waals surface area contributed by atoms with Crippen molar-refractivity contribution < 1.29 is 29.6 Å². The fraction of sp³-hybridized carbons (Fsp3) is 0.286. The first-order valence-corrected chi connectivity index (χ1v) is 6.11. The molecule has 20 heavy (non-hydrogen) atoms. The molecule has 0 spiro atoms. The molecule has 104 valence electrons. The van der Waals surface area contributed by atoms with Gasteiger partial charge in [-0.2, -0.15) is 0 Å². The minimum Gasteiger partial charge on any atom is -0.508 e. The number of ketones is 2. The predicted molar refractivity (Wildman–Crippen MR) is 66.4 cm³/mol. The first-order valence-electron chi connectivity index (χ1n) is 6.11. The molecule has 1 heterocycles. The number of allylic oxidation sites excluding steroid dienone is 1. The van der Waals surface area contributed by atoms with Crippen LogP contribution in [0.15, 0.2) is 29.5 Å². The molecule has 1 aliphatic heterocycles. The molecule has 3 rings (SSSR count). The number of fused-ring (bicyclic) bond motifs is 1. The van der Waals surface area contributed by atoms with Crippen LogP contribution < -0.4 is 0 Å². The fourth-order valence-electron chi connectivity index (χ4n) is 2.48. The second-order valence-electron chi connectivity index (χ2n) is 4.89. The molecule has 6 heteroatoms. The van der Waals surface area contributed by atoms with E-state index in [0.29, 0.717) is 0 Å². The average molecular weight is 276 g/mol. The standard InChI is InChI=1S/C14H12O6/c1-5-10(16)13(19)9-11(17)8-4-6(15)2-3-7(8)12(18)14(9)20-5/h2-5,10,13,15-16,19H,1H3/t5-,10+,13-/m1/s1.